The summed E-state index contributed by atoms with van der Waals surface area (Å²) in [6.07, 6.45) is 8.50. The first kappa shape index (κ1) is 29.6. The van der Waals surface area contributed by atoms with Gasteiger partial charge in [0.1, 0.15) is 17.5 Å². The third-order valence-electron chi connectivity index (χ3n) is 9.24. The lowest BCUT2D eigenvalue weighted by Crippen LogP contribution is -2.62. The van der Waals surface area contributed by atoms with Crippen LogP contribution < -0.4 is 0 Å². The second-order valence-corrected chi connectivity index (χ2v) is 11.8. The quantitative estimate of drug-likeness (QED) is 0.205. The number of allylic oxidation sites excluding steroid dienone is 1. The van der Waals surface area contributed by atoms with Crippen LogP contribution in [0.2, 0.25) is 0 Å². The second kappa shape index (κ2) is 11.8. The molecule has 1 heterocycles. The summed E-state index contributed by atoms with van der Waals surface area (Å²) in [5.74, 6) is -1.41. The van der Waals surface area contributed by atoms with Gasteiger partial charge in [-0.25, -0.2) is 4.79 Å². The molecule has 0 unspecified atom stereocenters. The SMILES string of the molecule is CCCCCC[C@H](C=C(C)[C@@H](O)[C@@H](C)C(=O)O[C@@H]1CC[C@H](C)[C@@]2(C)CC3=C(C)C(=O)OC3=C[C@]12O)CO. The maximum absolute atomic E-state index is 13.2. The summed E-state index contributed by atoms with van der Waals surface area (Å²) in [5, 5.41) is 32.7. The maximum atomic E-state index is 13.2. The van der Waals surface area contributed by atoms with Crippen LogP contribution in [0.4, 0.5) is 0 Å². The fraction of sp³-hybridized carbons (Fsp3) is 0.733. The van der Waals surface area contributed by atoms with E-state index in [1.54, 1.807) is 26.8 Å². The van der Waals surface area contributed by atoms with Crippen molar-refractivity contribution in [3.8, 4) is 0 Å². The van der Waals surface area contributed by atoms with Gasteiger partial charge in [-0.1, -0.05) is 52.5 Å². The molecule has 208 valence electrons. The van der Waals surface area contributed by atoms with E-state index >= 15 is 0 Å². The van der Waals surface area contributed by atoms with Gasteiger partial charge in [0.15, 0.2) is 0 Å². The first-order valence-electron chi connectivity index (χ1n) is 13.9. The maximum Gasteiger partial charge on any atom is 0.339 e. The minimum absolute atomic E-state index is 0.00393. The molecule has 7 nitrogen and oxygen atoms in total. The van der Waals surface area contributed by atoms with Crippen LogP contribution in [0.1, 0.15) is 92.9 Å². The molecular formula is C30H46O7. The van der Waals surface area contributed by atoms with Gasteiger partial charge in [-0.2, -0.15) is 0 Å². The van der Waals surface area contributed by atoms with Gasteiger partial charge in [0.05, 0.1) is 12.0 Å². The molecule has 3 rings (SSSR count). The van der Waals surface area contributed by atoms with Gasteiger partial charge in [-0.15, -0.1) is 0 Å². The van der Waals surface area contributed by atoms with E-state index in [0.717, 1.165) is 44.1 Å². The Labute approximate surface area is 221 Å². The first-order chi connectivity index (χ1) is 17.4. The van der Waals surface area contributed by atoms with Gasteiger partial charge in [-0.3, -0.25) is 4.79 Å². The van der Waals surface area contributed by atoms with Crippen LogP contribution >= 0.6 is 0 Å². The lowest BCUT2D eigenvalue weighted by molar-refractivity contribution is -0.202. The van der Waals surface area contributed by atoms with Crippen LogP contribution in [0.25, 0.3) is 0 Å². The normalized spacial score (nSPS) is 32.2. The minimum Gasteiger partial charge on any atom is -0.459 e. The van der Waals surface area contributed by atoms with Crippen molar-refractivity contribution in [3.63, 3.8) is 0 Å². The number of esters is 2. The predicted octanol–water partition coefficient (Wildman–Crippen LogP) is 4.75. The summed E-state index contributed by atoms with van der Waals surface area (Å²) >= 11 is 0. The number of aliphatic hydroxyl groups is 3. The number of fused-ring (bicyclic) bond motifs is 2. The zero-order chi connectivity index (χ0) is 27.5. The molecule has 0 spiro atoms. The van der Waals surface area contributed by atoms with E-state index in [2.05, 4.69) is 13.8 Å². The number of rotatable bonds is 11. The van der Waals surface area contributed by atoms with E-state index in [1.165, 1.54) is 0 Å². The molecule has 0 bridgehead atoms. The molecule has 37 heavy (non-hydrogen) atoms. The van der Waals surface area contributed by atoms with Gasteiger partial charge in [0, 0.05) is 29.1 Å². The van der Waals surface area contributed by atoms with Gasteiger partial charge in [-0.05, 0) is 64.0 Å². The molecule has 0 radical (unpaired) electrons. The van der Waals surface area contributed by atoms with Crippen LogP contribution in [0.5, 0.6) is 0 Å². The van der Waals surface area contributed by atoms with Crippen molar-refractivity contribution in [1.29, 1.82) is 0 Å². The summed E-state index contributed by atoms with van der Waals surface area (Å²) in [7, 11) is 0. The first-order valence-corrected chi connectivity index (χ1v) is 13.9. The van der Waals surface area contributed by atoms with Crippen molar-refractivity contribution in [1.82, 2.24) is 0 Å². The summed E-state index contributed by atoms with van der Waals surface area (Å²) < 4.78 is 11.3. The van der Waals surface area contributed by atoms with Crippen molar-refractivity contribution in [2.24, 2.45) is 23.2 Å². The van der Waals surface area contributed by atoms with Crippen LogP contribution in [0.3, 0.4) is 0 Å². The molecule has 3 N–H and O–H groups in total. The van der Waals surface area contributed by atoms with Crippen LogP contribution in [-0.2, 0) is 19.1 Å². The Morgan fingerprint density at radius 2 is 2.00 bits per heavy atom. The van der Waals surface area contributed by atoms with Crippen molar-refractivity contribution in [3.05, 3.63) is 34.6 Å². The second-order valence-electron chi connectivity index (χ2n) is 11.8. The van der Waals surface area contributed by atoms with Crippen molar-refractivity contribution < 1.29 is 34.4 Å². The van der Waals surface area contributed by atoms with Gasteiger partial charge in [0.2, 0.25) is 0 Å². The third-order valence-corrected chi connectivity index (χ3v) is 9.24. The topological polar surface area (TPSA) is 113 Å². The molecular weight excluding hydrogens is 472 g/mol. The lowest BCUT2D eigenvalue weighted by Gasteiger charge is -2.56. The number of unbranched alkanes of at least 4 members (excludes halogenated alkanes) is 3. The van der Waals surface area contributed by atoms with E-state index in [4.69, 9.17) is 9.47 Å². The van der Waals surface area contributed by atoms with Gasteiger partial charge >= 0.3 is 11.9 Å². The fourth-order valence-corrected chi connectivity index (χ4v) is 6.18. The predicted molar refractivity (Wildman–Crippen MR) is 141 cm³/mol. The lowest BCUT2D eigenvalue weighted by atomic mass is 9.53. The van der Waals surface area contributed by atoms with Crippen molar-refractivity contribution in [2.45, 2.75) is 111 Å². The highest BCUT2D eigenvalue weighted by atomic mass is 16.6. The summed E-state index contributed by atoms with van der Waals surface area (Å²) in [5.41, 5.74) is -0.142. The van der Waals surface area contributed by atoms with Crippen molar-refractivity contribution in [2.75, 3.05) is 6.61 Å². The van der Waals surface area contributed by atoms with E-state index in [9.17, 15) is 24.9 Å². The molecule has 3 aliphatic rings. The zero-order valence-corrected chi connectivity index (χ0v) is 23.4. The van der Waals surface area contributed by atoms with E-state index in [0.29, 0.717) is 29.7 Å². The Hall–Kier alpha value is -1.96. The zero-order valence-electron chi connectivity index (χ0n) is 23.4. The number of aliphatic hydroxyl groups excluding tert-OH is 2. The molecule has 7 heteroatoms. The molecule has 1 fully saturated rings. The molecule has 1 saturated carbocycles. The molecule has 0 saturated heterocycles. The molecule has 0 aromatic carbocycles. The van der Waals surface area contributed by atoms with Crippen LogP contribution in [0.15, 0.2) is 34.6 Å². The summed E-state index contributed by atoms with van der Waals surface area (Å²) in [6.45, 7) is 11.3. The van der Waals surface area contributed by atoms with Crippen molar-refractivity contribution >= 4 is 11.9 Å². The standard InChI is InChI=1S/C30H46O7/c1-7-8-9-10-11-22(17-31)14-18(2)26(32)21(5)28(34)37-25-13-12-19(3)29(6)15-23-20(4)27(33)36-24(23)16-30(25,29)35/h14,16,19,21-22,25-26,31-32,35H,7-13,15,17H2,1-6H3/t19-,21+,22+,25+,26+,29+,30-/m0/s1. The van der Waals surface area contributed by atoms with Crippen LogP contribution in [-0.4, -0.2) is 51.7 Å². The Kier molecular flexibility index (Phi) is 9.46. The third kappa shape index (κ3) is 5.74. The Bertz CT molecular complexity index is 963. The van der Waals surface area contributed by atoms with Gasteiger partial charge < -0.3 is 24.8 Å². The largest absolute Gasteiger partial charge is 0.459 e. The van der Waals surface area contributed by atoms with Gasteiger partial charge in [0.25, 0.3) is 0 Å². The molecule has 2 aliphatic carbocycles. The number of hydrogen-bond donors (Lipinski definition) is 3. The number of carbonyl (C=O) groups excluding carboxylic acids is 2. The number of carbonyl (C=O) groups is 2. The van der Waals surface area contributed by atoms with Crippen LogP contribution in [0, 0.1) is 23.2 Å². The average molecular weight is 519 g/mol. The molecule has 7 atom stereocenters. The number of ether oxygens (including phenoxy) is 2. The van der Waals surface area contributed by atoms with E-state index in [-0.39, 0.29) is 18.4 Å². The Balaban J connectivity index is 1.74. The van der Waals surface area contributed by atoms with E-state index in [1.807, 2.05) is 13.0 Å². The minimum atomic E-state index is -1.50. The highest BCUT2D eigenvalue weighted by Gasteiger charge is 2.61. The molecule has 0 amide bonds. The summed E-state index contributed by atoms with van der Waals surface area (Å²) in [4.78, 5) is 25.4. The monoisotopic (exact) mass is 518 g/mol. The fourth-order valence-electron chi connectivity index (χ4n) is 6.18. The Morgan fingerprint density at radius 1 is 1.30 bits per heavy atom. The highest BCUT2D eigenvalue weighted by Crippen LogP contribution is 2.58. The highest BCUT2D eigenvalue weighted by molar-refractivity contribution is 5.94. The molecule has 1 aliphatic heterocycles. The smallest absolute Gasteiger partial charge is 0.339 e. The summed E-state index contributed by atoms with van der Waals surface area (Å²) in [6, 6.07) is 0. The number of hydrogen-bond acceptors (Lipinski definition) is 7. The Morgan fingerprint density at radius 3 is 2.65 bits per heavy atom. The average Bonchev–Trinajstić information content (AvgIpc) is 3.13. The molecule has 0 aromatic rings. The van der Waals surface area contributed by atoms with E-state index < -0.39 is 41.1 Å². The molecule has 0 aromatic heterocycles.